The van der Waals surface area contributed by atoms with E-state index in [1.54, 1.807) is 6.07 Å². The molecule has 0 aliphatic heterocycles. The minimum absolute atomic E-state index is 0.0113. The summed E-state index contributed by atoms with van der Waals surface area (Å²) in [7, 11) is 0. The normalized spacial score (nSPS) is 10.3. The third-order valence-corrected chi connectivity index (χ3v) is 2.06. The van der Waals surface area contributed by atoms with Gasteiger partial charge in [-0.3, -0.25) is 0 Å². The third kappa shape index (κ3) is 2.04. The third-order valence-electron chi connectivity index (χ3n) is 1.53. The molecule has 0 unspecified atom stereocenters. The Bertz CT molecular complexity index is 387. The summed E-state index contributed by atoms with van der Waals surface area (Å²) in [5, 5.41) is 8.58. The second-order valence-corrected chi connectivity index (χ2v) is 2.96. The molecule has 6 heteroatoms. The van der Waals surface area contributed by atoms with Crippen molar-refractivity contribution in [3.8, 4) is 6.07 Å². The van der Waals surface area contributed by atoms with Gasteiger partial charge >= 0.3 is 0 Å². The Labute approximate surface area is 86.5 Å². The van der Waals surface area contributed by atoms with Crippen LogP contribution < -0.4 is 0 Å². The van der Waals surface area contributed by atoms with E-state index >= 15 is 0 Å². The van der Waals surface area contributed by atoms with Gasteiger partial charge in [0.2, 0.25) is 0 Å². The Morgan fingerprint density at radius 1 is 1.57 bits per heavy atom. The highest BCUT2D eigenvalue weighted by Crippen LogP contribution is 2.21. The quantitative estimate of drug-likeness (QED) is 0.771. The number of halogens is 4. The van der Waals surface area contributed by atoms with Crippen LogP contribution in [0.1, 0.15) is 23.4 Å². The number of hydrogen-bond donors (Lipinski definition) is 0. The van der Waals surface area contributed by atoms with Gasteiger partial charge in [-0.1, -0.05) is 15.9 Å². The molecule has 2 nitrogen and oxygen atoms in total. The van der Waals surface area contributed by atoms with Crippen molar-refractivity contribution in [2.75, 3.05) is 0 Å². The van der Waals surface area contributed by atoms with Gasteiger partial charge in [0, 0.05) is 11.4 Å². The summed E-state index contributed by atoms with van der Waals surface area (Å²) in [6, 6.07) is 2.15. The van der Waals surface area contributed by atoms with Gasteiger partial charge in [0.05, 0.1) is 5.69 Å². The summed E-state index contributed by atoms with van der Waals surface area (Å²) in [5.41, 5.74) is -0.968. The van der Waals surface area contributed by atoms with Crippen LogP contribution in [0.5, 0.6) is 0 Å². The molecule has 0 radical (unpaired) electrons. The molecule has 0 aliphatic carbocycles. The van der Waals surface area contributed by atoms with E-state index in [-0.39, 0.29) is 16.6 Å². The van der Waals surface area contributed by atoms with Crippen molar-refractivity contribution < 1.29 is 13.2 Å². The lowest BCUT2D eigenvalue weighted by atomic mass is 10.2. The van der Waals surface area contributed by atoms with Gasteiger partial charge in [0.15, 0.2) is 0 Å². The molecule has 0 aliphatic rings. The summed E-state index contributed by atoms with van der Waals surface area (Å²) >= 11 is 2.94. The van der Waals surface area contributed by atoms with Gasteiger partial charge in [-0.25, -0.2) is 18.2 Å². The maximum Gasteiger partial charge on any atom is 0.280 e. The van der Waals surface area contributed by atoms with Crippen molar-refractivity contribution in [2.24, 2.45) is 0 Å². The number of alkyl halides is 3. The molecule has 14 heavy (non-hydrogen) atoms. The van der Waals surface area contributed by atoms with Crippen LogP contribution in [-0.2, 0) is 5.33 Å². The molecule has 1 rings (SSSR count). The summed E-state index contributed by atoms with van der Waals surface area (Å²) < 4.78 is 37.4. The Hall–Kier alpha value is -1.09. The van der Waals surface area contributed by atoms with Crippen molar-refractivity contribution >= 4 is 15.9 Å². The van der Waals surface area contributed by atoms with Gasteiger partial charge in [0.1, 0.15) is 23.1 Å². The van der Waals surface area contributed by atoms with Crippen LogP contribution in [0.2, 0.25) is 0 Å². The van der Waals surface area contributed by atoms with Gasteiger partial charge in [-0.15, -0.1) is 0 Å². The Balaban J connectivity index is 3.33. The summed E-state index contributed by atoms with van der Waals surface area (Å²) in [5.74, 6) is -0.966. The molecule has 74 valence electrons. The molecule has 0 bridgehead atoms. The lowest BCUT2D eigenvalue weighted by Crippen LogP contribution is -2.01. The number of hydrogen-bond acceptors (Lipinski definition) is 2. The van der Waals surface area contributed by atoms with Crippen molar-refractivity contribution in [3.05, 3.63) is 28.8 Å². The predicted molar refractivity (Wildman–Crippen MR) is 46.5 cm³/mol. The number of rotatable bonds is 2. The molecule has 0 saturated carbocycles. The van der Waals surface area contributed by atoms with Crippen LogP contribution in [0.15, 0.2) is 6.07 Å². The lowest BCUT2D eigenvalue weighted by Gasteiger charge is -2.04. The highest BCUT2D eigenvalue weighted by atomic mass is 79.9. The minimum Gasteiger partial charge on any atom is -0.249 e. The highest BCUT2D eigenvalue weighted by Gasteiger charge is 2.16. The first-order valence-corrected chi connectivity index (χ1v) is 4.65. The van der Waals surface area contributed by atoms with Crippen molar-refractivity contribution in [2.45, 2.75) is 11.8 Å². The van der Waals surface area contributed by atoms with E-state index in [4.69, 9.17) is 5.26 Å². The fourth-order valence-electron chi connectivity index (χ4n) is 0.910. The van der Waals surface area contributed by atoms with E-state index in [0.29, 0.717) is 6.07 Å². The first-order chi connectivity index (χ1) is 6.60. The number of aromatic nitrogens is 1. The van der Waals surface area contributed by atoms with Crippen molar-refractivity contribution in [3.63, 3.8) is 0 Å². The van der Waals surface area contributed by atoms with Gasteiger partial charge in [0.25, 0.3) is 6.43 Å². The smallest absolute Gasteiger partial charge is 0.249 e. The zero-order valence-corrected chi connectivity index (χ0v) is 8.35. The fourth-order valence-corrected chi connectivity index (χ4v) is 1.32. The Morgan fingerprint density at radius 3 is 2.64 bits per heavy atom. The standard InChI is InChI=1S/C8H4BrF3N2/c9-2-7-4(3-13)5(10)1-6(14-7)8(11)12/h1,8H,2H2. The molecule has 1 aromatic rings. The predicted octanol–water partition coefficient (Wildman–Crippen LogP) is 2.92. The zero-order valence-electron chi connectivity index (χ0n) is 6.77. The largest absolute Gasteiger partial charge is 0.280 e. The van der Waals surface area contributed by atoms with Crippen LogP contribution >= 0.6 is 15.9 Å². The molecule has 0 amide bonds. The van der Waals surface area contributed by atoms with Crippen LogP contribution in [0.4, 0.5) is 13.2 Å². The number of nitrogens with zero attached hydrogens (tertiary/aromatic N) is 2. The molecule has 0 spiro atoms. The summed E-state index contributed by atoms with van der Waals surface area (Å²) in [4.78, 5) is 3.46. The van der Waals surface area contributed by atoms with E-state index in [9.17, 15) is 13.2 Å². The number of pyridine rings is 1. The van der Waals surface area contributed by atoms with Gasteiger partial charge < -0.3 is 0 Å². The number of nitriles is 1. The second-order valence-electron chi connectivity index (χ2n) is 2.40. The van der Waals surface area contributed by atoms with E-state index in [1.165, 1.54) is 0 Å². The molecule has 0 saturated heterocycles. The van der Waals surface area contributed by atoms with Crippen LogP contribution in [0.25, 0.3) is 0 Å². The average molecular weight is 265 g/mol. The lowest BCUT2D eigenvalue weighted by molar-refractivity contribution is 0.145. The Morgan fingerprint density at radius 2 is 2.21 bits per heavy atom. The second kappa shape index (κ2) is 4.42. The highest BCUT2D eigenvalue weighted by molar-refractivity contribution is 9.08. The topological polar surface area (TPSA) is 36.7 Å². The van der Waals surface area contributed by atoms with Gasteiger partial charge in [-0.05, 0) is 0 Å². The molecule has 1 heterocycles. The van der Waals surface area contributed by atoms with Crippen molar-refractivity contribution in [1.29, 1.82) is 5.26 Å². The maximum atomic E-state index is 13.0. The van der Waals surface area contributed by atoms with Crippen molar-refractivity contribution in [1.82, 2.24) is 4.98 Å². The molecule has 0 atom stereocenters. The van der Waals surface area contributed by atoms with E-state index < -0.39 is 17.9 Å². The molecular formula is C8H4BrF3N2. The zero-order chi connectivity index (χ0) is 10.7. The maximum absolute atomic E-state index is 13.0. The fraction of sp³-hybridized carbons (Fsp3) is 0.250. The van der Waals surface area contributed by atoms with E-state index in [2.05, 4.69) is 20.9 Å². The van der Waals surface area contributed by atoms with E-state index in [1.807, 2.05) is 0 Å². The SMILES string of the molecule is N#Cc1c(F)cc(C(F)F)nc1CBr. The van der Waals surface area contributed by atoms with Crippen LogP contribution in [0.3, 0.4) is 0 Å². The first kappa shape index (κ1) is 11.0. The summed E-state index contributed by atoms with van der Waals surface area (Å²) in [6.45, 7) is 0. The Kier molecular flexibility index (Phi) is 3.47. The monoisotopic (exact) mass is 264 g/mol. The molecular weight excluding hydrogens is 261 g/mol. The van der Waals surface area contributed by atoms with Gasteiger partial charge in [-0.2, -0.15) is 5.26 Å². The molecule has 0 N–H and O–H groups in total. The molecule has 0 fully saturated rings. The van der Waals surface area contributed by atoms with E-state index in [0.717, 1.165) is 0 Å². The molecule has 0 aromatic carbocycles. The average Bonchev–Trinajstić information content (AvgIpc) is 2.16. The first-order valence-electron chi connectivity index (χ1n) is 3.53. The summed E-state index contributed by atoms with van der Waals surface area (Å²) in [6.07, 6.45) is -2.84. The van der Waals surface area contributed by atoms with Crippen LogP contribution in [0, 0.1) is 17.1 Å². The molecule has 1 aromatic heterocycles. The minimum atomic E-state index is -2.84. The van der Waals surface area contributed by atoms with Crippen LogP contribution in [-0.4, -0.2) is 4.98 Å².